The highest BCUT2D eigenvalue weighted by Gasteiger charge is 1.94. The lowest BCUT2D eigenvalue weighted by Gasteiger charge is -2.02. The van der Waals surface area contributed by atoms with Crippen LogP contribution in [-0.2, 0) is 0 Å². The number of thioether (sulfide) groups is 1. The van der Waals surface area contributed by atoms with Crippen molar-refractivity contribution in [2.45, 2.75) is 18.2 Å². The summed E-state index contributed by atoms with van der Waals surface area (Å²) in [6.45, 7) is 2.19. The topological polar surface area (TPSA) is 9.23 Å². The summed E-state index contributed by atoms with van der Waals surface area (Å²) in [5.41, 5.74) is 0. The van der Waals surface area contributed by atoms with E-state index in [1.165, 1.54) is 17.1 Å². The second-order valence-electron chi connectivity index (χ2n) is 2.53. The van der Waals surface area contributed by atoms with Crippen LogP contribution < -0.4 is 4.74 Å². The van der Waals surface area contributed by atoms with Crippen molar-refractivity contribution >= 4 is 11.8 Å². The maximum Gasteiger partial charge on any atom is 0.119 e. The summed E-state index contributed by atoms with van der Waals surface area (Å²) >= 11 is 1.87. The molecular formula is C10H14OS. The van der Waals surface area contributed by atoms with Crippen LogP contribution >= 0.6 is 11.8 Å². The average molecular weight is 182 g/mol. The van der Waals surface area contributed by atoms with Gasteiger partial charge in [-0.05, 0) is 30.4 Å². The third kappa shape index (κ3) is 2.78. The summed E-state index contributed by atoms with van der Waals surface area (Å²) in [6.07, 6.45) is 1.21. The first-order valence-corrected chi connectivity index (χ1v) is 5.12. The fourth-order valence-corrected chi connectivity index (χ4v) is 1.72. The molecule has 1 aromatic carbocycles. The lowest BCUT2D eigenvalue weighted by atomic mass is 10.3. The lowest BCUT2D eigenvalue weighted by molar-refractivity contribution is 0.413. The smallest absolute Gasteiger partial charge is 0.119 e. The van der Waals surface area contributed by atoms with E-state index in [0.717, 1.165) is 5.75 Å². The minimum absolute atomic E-state index is 0.941. The van der Waals surface area contributed by atoms with Crippen molar-refractivity contribution in [3.05, 3.63) is 24.3 Å². The van der Waals surface area contributed by atoms with E-state index in [4.69, 9.17) is 4.74 Å². The Labute approximate surface area is 78.1 Å². The van der Waals surface area contributed by atoms with Gasteiger partial charge in [0.25, 0.3) is 0 Å². The van der Waals surface area contributed by atoms with Gasteiger partial charge in [0.2, 0.25) is 0 Å². The van der Waals surface area contributed by atoms with E-state index in [0.29, 0.717) is 0 Å². The molecule has 0 saturated heterocycles. The Balaban J connectivity index is 2.60. The van der Waals surface area contributed by atoms with Gasteiger partial charge in [0.15, 0.2) is 0 Å². The van der Waals surface area contributed by atoms with Crippen molar-refractivity contribution < 1.29 is 4.74 Å². The van der Waals surface area contributed by atoms with E-state index in [-0.39, 0.29) is 0 Å². The highest BCUT2D eigenvalue weighted by molar-refractivity contribution is 7.99. The van der Waals surface area contributed by atoms with Crippen molar-refractivity contribution in [1.29, 1.82) is 0 Å². The fourth-order valence-electron chi connectivity index (χ4n) is 0.911. The zero-order valence-electron chi connectivity index (χ0n) is 7.54. The van der Waals surface area contributed by atoms with Gasteiger partial charge in [0.05, 0.1) is 7.11 Å². The molecule has 1 rings (SSSR count). The first-order chi connectivity index (χ1) is 5.86. The van der Waals surface area contributed by atoms with E-state index in [1.54, 1.807) is 7.11 Å². The van der Waals surface area contributed by atoms with Crippen LogP contribution in [-0.4, -0.2) is 12.9 Å². The quantitative estimate of drug-likeness (QED) is 0.661. The molecule has 12 heavy (non-hydrogen) atoms. The van der Waals surface area contributed by atoms with Gasteiger partial charge in [-0.15, -0.1) is 11.8 Å². The van der Waals surface area contributed by atoms with Gasteiger partial charge in [-0.1, -0.05) is 13.0 Å². The van der Waals surface area contributed by atoms with E-state index >= 15 is 0 Å². The summed E-state index contributed by atoms with van der Waals surface area (Å²) in [7, 11) is 1.70. The second-order valence-corrected chi connectivity index (χ2v) is 3.70. The number of methoxy groups -OCH3 is 1. The van der Waals surface area contributed by atoms with Gasteiger partial charge in [-0.25, -0.2) is 0 Å². The van der Waals surface area contributed by atoms with Crippen LogP contribution in [0.25, 0.3) is 0 Å². The Hall–Kier alpha value is -0.630. The summed E-state index contributed by atoms with van der Waals surface area (Å²) in [4.78, 5) is 1.29. The SMILES string of the molecule is CCCSc1cccc(OC)c1. The Morgan fingerprint density at radius 3 is 2.92 bits per heavy atom. The molecule has 0 radical (unpaired) electrons. The zero-order valence-corrected chi connectivity index (χ0v) is 8.36. The molecule has 0 bridgehead atoms. The number of hydrogen-bond donors (Lipinski definition) is 0. The molecule has 2 heteroatoms. The van der Waals surface area contributed by atoms with Crippen LogP contribution in [0.4, 0.5) is 0 Å². The molecule has 0 aliphatic heterocycles. The Bertz CT molecular complexity index is 235. The summed E-state index contributed by atoms with van der Waals surface area (Å²) in [5.74, 6) is 2.11. The first kappa shape index (κ1) is 9.46. The summed E-state index contributed by atoms with van der Waals surface area (Å²) in [5, 5.41) is 0. The van der Waals surface area contributed by atoms with Gasteiger partial charge in [0.1, 0.15) is 5.75 Å². The highest BCUT2D eigenvalue weighted by atomic mass is 32.2. The second kappa shape index (κ2) is 5.09. The van der Waals surface area contributed by atoms with Gasteiger partial charge in [0, 0.05) is 4.90 Å². The van der Waals surface area contributed by atoms with E-state index < -0.39 is 0 Å². The standard InChI is InChI=1S/C10H14OS/c1-3-7-12-10-6-4-5-9(8-10)11-2/h4-6,8H,3,7H2,1-2H3. The number of rotatable bonds is 4. The molecule has 0 aliphatic rings. The van der Waals surface area contributed by atoms with Gasteiger partial charge in [-0.3, -0.25) is 0 Å². The molecule has 0 aliphatic carbocycles. The Morgan fingerprint density at radius 2 is 2.25 bits per heavy atom. The summed E-state index contributed by atoms with van der Waals surface area (Å²) < 4.78 is 5.12. The van der Waals surface area contributed by atoms with Crippen molar-refractivity contribution in [2.24, 2.45) is 0 Å². The molecular weight excluding hydrogens is 168 g/mol. The van der Waals surface area contributed by atoms with Gasteiger partial charge < -0.3 is 4.74 Å². The maximum atomic E-state index is 5.12. The maximum absolute atomic E-state index is 5.12. The van der Waals surface area contributed by atoms with Crippen LogP contribution in [0.2, 0.25) is 0 Å². The molecule has 66 valence electrons. The highest BCUT2D eigenvalue weighted by Crippen LogP contribution is 2.22. The fraction of sp³-hybridized carbons (Fsp3) is 0.400. The minimum atomic E-state index is 0.941. The minimum Gasteiger partial charge on any atom is -0.497 e. The van der Waals surface area contributed by atoms with Gasteiger partial charge >= 0.3 is 0 Å². The Morgan fingerprint density at radius 1 is 1.42 bits per heavy atom. The van der Waals surface area contributed by atoms with Crippen molar-refractivity contribution in [3.63, 3.8) is 0 Å². The van der Waals surface area contributed by atoms with Crippen molar-refractivity contribution in [2.75, 3.05) is 12.9 Å². The van der Waals surface area contributed by atoms with Crippen LogP contribution in [0.5, 0.6) is 5.75 Å². The monoisotopic (exact) mass is 182 g/mol. The number of benzene rings is 1. The molecule has 0 atom stereocenters. The molecule has 0 unspecified atom stereocenters. The van der Waals surface area contributed by atoms with Crippen LogP contribution in [0.3, 0.4) is 0 Å². The molecule has 0 N–H and O–H groups in total. The predicted molar refractivity (Wildman–Crippen MR) is 54.0 cm³/mol. The molecule has 0 fully saturated rings. The molecule has 1 nitrogen and oxygen atoms in total. The molecule has 0 aromatic heterocycles. The molecule has 0 amide bonds. The zero-order chi connectivity index (χ0) is 8.81. The lowest BCUT2D eigenvalue weighted by Crippen LogP contribution is -1.82. The average Bonchev–Trinajstić information content (AvgIpc) is 2.15. The Kier molecular flexibility index (Phi) is 4.01. The van der Waals surface area contributed by atoms with E-state index in [2.05, 4.69) is 19.1 Å². The van der Waals surface area contributed by atoms with Crippen LogP contribution in [0.15, 0.2) is 29.2 Å². The first-order valence-electron chi connectivity index (χ1n) is 4.13. The number of ether oxygens (including phenoxy) is 1. The predicted octanol–water partition coefficient (Wildman–Crippen LogP) is 3.20. The third-order valence-electron chi connectivity index (χ3n) is 1.51. The van der Waals surface area contributed by atoms with E-state index in [9.17, 15) is 0 Å². The van der Waals surface area contributed by atoms with Crippen molar-refractivity contribution in [3.8, 4) is 5.75 Å². The normalized spacial score (nSPS) is 9.83. The molecule has 1 aromatic rings. The molecule has 0 heterocycles. The summed E-state index contributed by atoms with van der Waals surface area (Å²) in [6, 6.07) is 8.18. The number of hydrogen-bond acceptors (Lipinski definition) is 2. The van der Waals surface area contributed by atoms with Gasteiger partial charge in [-0.2, -0.15) is 0 Å². The van der Waals surface area contributed by atoms with Crippen LogP contribution in [0, 0.1) is 0 Å². The van der Waals surface area contributed by atoms with Crippen molar-refractivity contribution in [1.82, 2.24) is 0 Å². The van der Waals surface area contributed by atoms with Crippen LogP contribution in [0.1, 0.15) is 13.3 Å². The largest absolute Gasteiger partial charge is 0.497 e. The molecule has 0 saturated carbocycles. The third-order valence-corrected chi connectivity index (χ3v) is 2.71. The molecule has 0 spiro atoms. The van der Waals surface area contributed by atoms with E-state index in [1.807, 2.05) is 23.9 Å².